The summed E-state index contributed by atoms with van der Waals surface area (Å²) in [6.45, 7) is 7.43. The quantitative estimate of drug-likeness (QED) is 0.720. The van der Waals surface area contributed by atoms with Crippen molar-refractivity contribution >= 4 is 12.0 Å². The molecule has 0 aliphatic carbocycles. The van der Waals surface area contributed by atoms with Gasteiger partial charge in [-0.25, -0.2) is 4.79 Å². The molecule has 100 valence electrons. The fourth-order valence-corrected chi connectivity index (χ4v) is 1.62. The number of hydrogen-bond acceptors (Lipinski definition) is 2. The van der Waals surface area contributed by atoms with Crippen molar-refractivity contribution in [2.75, 3.05) is 6.54 Å². The zero-order valence-electron chi connectivity index (χ0n) is 11.2. The largest absolute Gasteiger partial charge is 0.480 e. The second kappa shape index (κ2) is 7.92. The van der Waals surface area contributed by atoms with Crippen LogP contribution in [0.25, 0.3) is 0 Å². The van der Waals surface area contributed by atoms with Gasteiger partial charge in [-0.3, -0.25) is 4.79 Å². The molecule has 2 N–H and O–H groups in total. The molecule has 5 heteroatoms. The predicted octanol–water partition coefficient (Wildman–Crippen LogP) is 2.07. The molecular weight excluding hydrogens is 220 g/mol. The minimum absolute atomic E-state index is 0.120. The van der Waals surface area contributed by atoms with Gasteiger partial charge in [0, 0.05) is 12.1 Å². The molecule has 1 atom stereocenters. The number of carbonyl (C=O) groups excluding carboxylic acids is 1. The van der Waals surface area contributed by atoms with Gasteiger partial charge in [0.05, 0.1) is 0 Å². The Morgan fingerprint density at radius 1 is 1.29 bits per heavy atom. The standard InChI is InChI=1S/C12H24N2O3/c1-5-7-10(6-2)13-12(17)14(9(3)4)8-11(15)16/h9-10H,5-8H2,1-4H3,(H,13,17)(H,15,16). The van der Waals surface area contributed by atoms with Gasteiger partial charge >= 0.3 is 12.0 Å². The van der Waals surface area contributed by atoms with Gasteiger partial charge in [0.25, 0.3) is 0 Å². The van der Waals surface area contributed by atoms with E-state index < -0.39 is 5.97 Å². The minimum atomic E-state index is -0.989. The van der Waals surface area contributed by atoms with Gasteiger partial charge in [0.1, 0.15) is 6.54 Å². The maximum absolute atomic E-state index is 11.9. The van der Waals surface area contributed by atoms with Crippen LogP contribution in [0.4, 0.5) is 4.79 Å². The Kier molecular flexibility index (Phi) is 7.34. The first kappa shape index (κ1) is 15.7. The van der Waals surface area contributed by atoms with Gasteiger partial charge in [-0.1, -0.05) is 20.3 Å². The number of aliphatic carboxylic acids is 1. The first-order valence-electron chi connectivity index (χ1n) is 6.21. The Morgan fingerprint density at radius 2 is 1.88 bits per heavy atom. The third-order valence-corrected chi connectivity index (χ3v) is 2.65. The number of urea groups is 1. The van der Waals surface area contributed by atoms with Crippen LogP contribution in [-0.4, -0.2) is 40.6 Å². The molecular formula is C12H24N2O3. The lowest BCUT2D eigenvalue weighted by molar-refractivity contribution is -0.138. The summed E-state index contributed by atoms with van der Waals surface area (Å²) in [5, 5.41) is 11.6. The summed E-state index contributed by atoms with van der Waals surface area (Å²) in [5.74, 6) is -0.989. The van der Waals surface area contributed by atoms with E-state index >= 15 is 0 Å². The van der Waals surface area contributed by atoms with Crippen LogP contribution in [-0.2, 0) is 4.79 Å². The van der Waals surface area contributed by atoms with E-state index in [1.807, 2.05) is 20.8 Å². The van der Waals surface area contributed by atoms with E-state index in [1.54, 1.807) is 0 Å². The molecule has 0 spiro atoms. The molecule has 0 saturated heterocycles. The summed E-state index contributed by atoms with van der Waals surface area (Å²) < 4.78 is 0. The van der Waals surface area contributed by atoms with Crippen molar-refractivity contribution in [2.45, 2.75) is 59.0 Å². The molecule has 0 radical (unpaired) electrons. The highest BCUT2D eigenvalue weighted by Gasteiger charge is 2.21. The molecule has 0 saturated carbocycles. The number of nitrogens with zero attached hydrogens (tertiary/aromatic N) is 1. The van der Waals surface area contributed by atoms with E-state index in [-0.39, 0.29) is 24.7 Å². The summed E-state index contributed by atoms with van der Waals surface area (Å²) in [5.41, 5.74) is 0. The average molecular weight is 244 g/mol. The molecule has 0 fully saturated rings. The summed E-state index contributed by atoms with van der Waals surface area (Å²) in [4.78, 5) is 23.9. The zero-order valence-corrected chi connectivity index (χ0v) is 11.2. The van der Waals surface area contributed by atoms with E-state index in [4.69, 9.17) is 5.11 Å². The molecule has 1 unspecified atom stereocenters. The first-order valence-corrected chi connectivity index (χ1v) is 6.21. The fourth-order valence-electron chi connectivity index (χ4n) is 1.62. The third kappa shape index (κ3) is 6.14. The van der Waals surface area contributed by atoms with E-state index in [0.717, 1.165) is 19.3 Å². The van der Waals surface area contributed by atoms with Gasteiger partial charge < -0.3 is 15.3 Å². The van der Waals surface area contributed by atoms with Crippen LogP contribution < -0.4 is 5.32 Å². The van der Waals surface area contributed by atoms with Crippen LogP contribution in [0.5, 0.6) is 0 Å². The van der Waals surface area contributed by atoms with E-state index in [2.05, 4.69) is 12.2 Å². The molecule has 0 aromatic rings. The zero-order chi connectivity index (χ0) is 13.4. The average Bonchev–Trinajstić information content (AvgIpc) is 2.24. The number of hydrogen-bond donors (Lipinski definition) is 2. The second-order valence-corrected chi connectivity index (χ2v) is 4.46. The van der Waals surface area contributed by atoms with E-state index in [1.165, 1.54) is 4.90 Å². The lowest BCUT2D eigenvalue weighted by Crippen LogP contribution is -2.49. The molecule has 0 aliphatic rings. The number of carboxylic acid groups (broad SMARTS) is 1. The topological polar surface area (TPSA) is 69.6 Å². The Hall–Kier alpha value is -1.26. The van der Waals surface area contributed by atoms with Crippen molar-refractivity contribution in [3.05, 3.63) is 0 Å². The van der Waals surface area contributed by atoms with Crippen molar-refractivity contribution in [1.82, 2.24) is 10.2 Å². The number of rotatable bonds is 7. The number of carbonyl (C=O) groups is 2. The monoisotopic (exact) mass is 244 g/mol. The molecule has 0 rings (SSSR count). The molecule has 0 heterocycles. The Bertz CT molecular complexity index is 254. The van der Waals surface area contributed by atoms with Crippen LogP contribution in [0.2, 0.25) is 0 Å². The fraction of sp³-hybridized carbons (Fsp3) is 0.833. The number of amides is 2. The van der Waals surface area contributed by atoms with Gasteiger partial charge in [0.2, 0.25) is 0 Å². The van der Waals surface area contributed by atoms with Crippen LogP contribution in [0.3, 0.4) is 0 Å². The highest BCUT2D eigenvalue weighted by Crippen LogP contribution is 2.04. The molecule has 0 aromatic heterocycles. The lowest BCUT2D eigenvalue weighted by Gasteiger charge is -2.27. The van der Waals surface area contributed by atoms with Crippen molar-refractivity contribution in [1.29, 1.82) is 0 Å². The van der Waals surface area contributed by atoms with Crippen LogP contribution >= 0.6 is 0 Å². The van der Waals surface area contributed by atoms with Crippen molar-refractivity contribution in [3.63, 3.8) is 0 Å². The lowest BCUT2D eigenvalue weighted by atomic mass is 10.1. The van der Waals surface area contributed by atoms with Crippen molar-refractivity contribution in [2.24, 2.45) is 0 Å². The Morgan fingerprint density at radius 3 is 2.24 bits per heavy atom. The molecule has 0 aromatic carbocycles. The van der Waals surface area contributed by atoms with Crippen LogP contribution in [0.15, 0.2) is 0 Å². The number of nitrogens with one attached hydrogen (secondary N) is 1. The van der Waals surface area contributed by atoms with Gasteiger partial charge in [0.15, 0.2) is 0 Å². The minimum Gasteiger partial charge on any atom is -0.480 e. The Balaban J connectivity index is 4.45. The summed E-state index contributed by atoms with van der Waals surface area (Å²) in [6.07, 6.45) is 2.78. The first-order chi connectivity index (χ1) is 7.92. The normalized spacial score (nSPS) is 12.3. The SMILES string of the molecule is CCCC(CC)NC(=O)N(CC(=O)O)C(C)C. The van der Waals surface area contributed by atoms with Gasteiger partial charge in [-0.2, -0.15) is 0 Å². The maximum atomic E-state index is 11.9. The molecule has 0 bridgehead atoms. The van der Waals surface area contributed by atoms with Crippen LogP contribution in [0.1, 0.15) is 47.0 Å². The molecule has 17 heavy (non-hydrogen) atoms. The molecule has 5 nitrogen and oxygen atoms in total. The maximum Gasteiger partial charge on any atom is 0.323 e. The van der Waals surface area contributed by atoms with Crippen molar-refractivity contribution in [3.8, 4) is 0 Å². The Labute approximate surface area is 103 Å². The smallest absolute Gasteiger partial charge is 0.323 e. The summed E-state index contributed by atoms with van der Waals surface area (Å²) in [6, 6.07) is -0.282. The predicted molar refractivity (Wildman–Crippen MR) is 67.0 cm³/mol. The van der Waals surface area contributed by atoms with E-state index in [0.29, 0.717) is 0 Å². The third-order valence-electron chi connectivity index (χ3n) is 2.65. The second-order valence-electron chi connectivity index (χ2n) is 4.46. The number of carboxylic acids is 1. The van der Waals surface area contributed by atoms with Gasteiger partial charge in [-0.15, -0.1) is 0 Å². The van der Waals surface area contributed by atoms with Crippen molar-refractivity contribution < 1.29 is 14.7 Å². The highest BCUT2D eigenvalue weighted by molar-refractivity contribution is 5.80. The summed E-state index contributed by atoms with van der Waals surface area (Å²) in [7, 11) is 0. The highest BCUT2D eigenvalue weighted by atomic mass is 16.4. The van der Waals surface area contributed by atoms with Crippen LogP contribution in [0, 0.1) is 0 Å². The summed E-state index contributed by atoms with van der Waals surface area (Å²) >= 11 is 0. The van der Waals surface area contributed by atoms with E-state index in [9.17, 15) is 9.59 Å². The molecule has 0 aliphatic heterocycles. The molecule has 2 amide bonds. The van der Waals surface area contributed by atoms with Gasteiger partial charge in [-0.05, 0) is 26.7 Å².